The first-order chi connectivity index (χ1) is 13.0. The number of hydrogen-bond donors (Lipinski definition) is 1. The Morgan fingerprint density at radius 2 is 2.11 bits per heavy atom. The Balaban J connectivity index is 1.46. The third kappa shape index (κ3) is 3.61. The molecule has 1 saturated heterocycles. The Kier molecular flexibility index (Phi) is 4.97. The lowest BCUT2D eigenvalue weighted by Gasteiger charge is -2.25. The molecule has 6 nitrogen and oxygen atoms in total. The van der Waals surface area contributed by atoms with Gasteiger partial charge in [0.05, 0.1) is 18.9 Å². The van der Waals surface area contributed by atoms with Crippen LogP contribution in [-0.2, 0) is 27.5 Å². The number of hydrogen-bond acceptors (Lipinski definition) is 5. The van der Waals surface area contributed by atoms with Crippen LogP contribution in [0.4, 0.5) is 5.13 Å². The summed E-state index contributed by atoms with van der Waals surface area (Å²) in [6, 6.07) is 5.81. The molecule has 2 aliphatic rings. The summed E-state index contributed by atoms with van der Waals surface area (Å²) >= 11 is 1.40. The van der Waals surface area contributed by atoms with Gasteiger partial charge in [-0.2, -0.15) is 0 Å². The number of rotatable bonds is 4. The molecule has 2 amide bonds. The van der Waals surface area contributed by atoms with Gasteiger partial charge in [0.2, 0.25) is 11.8 Å². The van der Waals surface area contributed by atoms with Crippen LogP contribution in [0.15, 0.2) is 23.6 Å². The van der Waals surface area contributed by atoms with E-state index in [9.17, 15) is 9.59 Å². The molecule has 0 spiro atoms. The van der Waals surface area contributed by atoms with Crippen molar-refractivity contribution in [3.8, 4) is 11.3 Å². The van der Waals surface area contributed by atoms with Crippen LogP contribution in [0.2, 0.25) is 0 Å². The first-order valence-electron chi connectivity index (χ1n) is 9.29. The Morgan fingerprint density at radius 1 is 1.30 bits per heavy atom. The molecule has 1 atom stereocenters. The summed E-state index contributed by atoms with van der Waals surface area (Å²) in [5.41, 5.74) is 4.28. The normalized spacial score (nSPS) is 18.8. The second kappa shape index (κ2) is 7.40. The Morgan fingerprint density at radius 3 is 2.93 bits per heavy atom. The van der Waals surface area contributed by atoms with Gasteiger partial charge in [-0.3, -0.25) is 9.59 Å². The summed E-state index contributed by atoms with van der Waals surface area (Å²) in [5, 5.41) is 5.41. The highest BCUT2D eigenvalue weighted by Gasteiger charge is 2.35. The molecular weight excluding hydrogens is 362 g/mol. The quantitative estimate of drug-likeness (QED) is 0.875. The summed E-state index contributed by atoms with van der Waals surface area (Å²) in [4.78, 5) is 31.3. The molecule has 0 radical (unpaired) electrons. The number of aromatic nitrogens is 1. The molecule has 27 heavy (non-hydrogen) atoms. The van der Waals surface area contributed by atoms with Crippen LogP contribution < -0.4 is 5.32 Å². The zero-order valence-corrected chi connectivity index (χ0v) is 16.3. The highest BCUT2D eigenvalue weighted by atomic mass is 32.1. The van der Waals surface area contributed by atoms with Crippen molar-refractivity contribution in [2.75, 3.05) is 11.9 Å². The summed E-state index contributed by atoms with van der Waals surface area (Å²) in [6.45, 7) is 5.68. The van der Waals surface area contributed by atoms with Crippen LogP contribution in [0.3, 0.4) is 0 Å². The average Bonchev–Trinajstić information content (AvgIpc) is 3.39. The molecule has 1 aromatic carbocycles. The van der Waals surface area contributed by atoms with Crippen molar-refractivity contribution in [3.63, 3.8) is 0 Å². The molecule has 2 aliphatic heterocycles. The maximum atomic E-state index is 12.7. The SMILES string of the molecule is CC(C)C(=O)N1CCCC1C(=O)Nc1nc(-c2ccc3c(c2)COC3)cs1. The number of thiazole rings is 1. The fraction of sp³-hybridized carbons (Fsp3) is 0.450. The predicted molar refractivity (Wildman–Crippen MR) is 104 cm³/mol. The fourth-order valence-corrected chi connectivity index (χ4v) is 4.34. The molecule has 142 valence electrons. The molecule has 1 fully saturated rings. The smallest absolute Gasteiger partial charge is 0.248 e. The zero-order chi connectivity index (χ0) is 19.0. The summed E-state index contributed by atoms with van der Waals surface area (Å²) < 4.78 is 5.46. The minimum Gasteiger partial charge on any atom is -0.372 e. The van der Waals surface area contributed by atoms with E-state index < -0.39 is 6.04 Å². The molecule has 1 aromatic heterocycles. The number of nitrogens with zero attached hydrogens (tertiary/aromatic N) is 2. The van der Waals surface area contributed by atoms with E-state index in [0.29, 0.717) is 31.3 Å². The lowest BCUT2D eigenvalue weighted by Crippen LogP contribution is -2.44. The standard InChI is InChI=1S/C20H23N3O3S/c1-12(2)19(25)23-7-3-4-17(23)18(24)22-20-21-16(11-27-20)13-5-6-14-9-26-10-15(14)8-13/h5-6,8,11-12,17H,3-4,7,9-10H2,1-2H3,(H,21,22,24). The molecule has 7 heteroatoms. The van der Waals surface area contributed by atoms with Crippen LogP contribution in [0.25, 0.3) is 11.3 Å². The zero-order valence-electron chi connectivity index (χ0n) is 15.5. The van der Waals surface area contributed by atoms with Gasteiger partial charge in [-0.15, -0.1) is 11.3 Å². The van der Waals surface area contributed by atoms with Gasteiger partial charge in [-0.25, -0.2) is 4.98 Å². The number of anilines is 1. The first-order valence-corrected chi connectivity index (χ1v) is 10.2. The van der Waals surface area contributed by atoms with Gasteiger partial charge >= 0.3 is 0 Å². The van der Waals surface area contributed by atoms with Gasteiger partial charge < -0.3 is 15.0 Å². The predicted octanol–water partition coefficient (Wildman–Crippen LogP) is 3.43. The van der Waals surface area contributed by atoms with Gasteiger partial charge in [-0.1, -0.05) is 26.0 Å². The van der Waals surface area contributed by atoms with Gasteiger partial charge in [0, 0.05) is 23.4 Å². The second-order valence-electron chi connectivity index (χ2n) is 7.35. The van der Waals surface area contributed by atoms with Crippen molar-refractivity contribution in [2.45, 2.75) is 45.9 Å². The van der Waals surface area contributed by atoms with Crippen molar-refractivity contribution in [2.24, 2.45) is 5.92 Å². The summed E-state index contributed by atoms with van der Waals surface area (Å²) in [6.07, 6.45) is 1.56. The highest BCUT2D eigenvalue weighted by molar-refractivity contribution is 7.14. The van der Waals surface area contributed by atoms with Crippen molar-refractivity contribution >= 4 is 28.3 Å². The van der Waals surface area contributed by atoms with Gasteiger partial charge in [0.15, 0.2) is 5.13 Å². The minimum absolute atomic E-state index is 0.0350. The molecular formula is C20H23N3O3S. The van der Waals surface area contributed by atoms with Gasteiger partial charge in [0.1, 0.15) is 6.04 Å². The number of carbonyl (C=O) groups is 2. The highest BCUT2D eigenvalue weighted by Crippen LogP contribution is 2.30. The molecule has 1 unspecified atom stereocenters. The van der Waals surface area contributed by atoms with E-state index in [0.717, 1.165) is 17.7 Å². The van der Waals surface area contributed by atoms with Crippen molar-refractivity contribution in [3.05, 3.63) is 34.7 Å². The molecule has 3 heterocycles. The van der Waals surface area contributed by atoms with E-state index in [1.165, 1.54) is 22.5 Å². The van der Waals surface area contributed by atoms with E-state index in [-0.39, 0.29) is 17.7 Å². The van der Waals surface area contributed by atoms with Crippen LogP contribution in [0.5, 0.6) is 0 Å². The van der Waals surface area contributed by atoms with Crippen LogP contribution >= 0.6 is 11.3 Å². The number of fused-ring (bicyclic) bond motifs is 1. The van der Waals surface area contributed by atoms with E-state index >= 15 is 0 Å². The summed E-state index contributed by atoms with van der Waals surface area (Å²) in [5.74, 6) is -0.216. The van der Waals surface area contributed by atoms with E-state index in [4.69, 9.17) is 4.74 Å². The maximum Gasteiger partial charge on any atom is 0.248 e. The number of nitrogens with one attached hydrogen (secondary N) is 1. The van der Waals surface area contributed by atoms with Gasteiger partial charge in [-0.05, 0) is 30.0 Å². The number of benzene rings is 1. The number of ether oxygens (including phenoxy) is 1. The topological polar surface area (TPSA) is 71.5 Å². The van der Waals surface area contributed by atoms with Crippen molar-refractivity contribution in [1.29, 1.82) is 0 Å². The van der Waals surface area contributed by atoms with Crippen LogP contribution in [-0.4, -0.2) is 34.3 Å². The number of amides is 2. The summed E-state index contributed by atoms with van der Waals surface area (Å²) in [7, 11) is 0. The molecule has 4 rings (SSSR count). The largest absolute Gasteiger partial charge is 0.372 e. The Hall–Kier alpha value is -2.25. The van der Waals surface area contributed by atoms with Crippen LogP contribution in [0.1, 0.15) is 37.8 Å². The fourth-order valence-electron chi connectivity index (χ4n) is 3.62. The van der Waals surface area contributed by atoms with Gasteiger partial charge in [0.25, 0.3) is 0 Å². The maximum absolute atomic E-state index is 12.7. The monoisotopic (exact) mass is 385 g/mol. The molecule has 0 saturated carbocycles. The average molecular weight is 385 g/mol. The third-order valence-corrected chi connectivity index (χ3v) is 5.84. The number of carbonyl (C=O) groups excluding carboxylic acids is 2. The van der Waals surface area contributed by atoms with Crippen molar-refractivity contribution < 1.29 is 14.3 Å². The Labute approximate surface area is 162 Å². The number of likely N-dealkylation sites (tertiary alicyclic amines) is 1. The third-order valence-electron chi connectivity index (χ3n) is 5.08. The first kappa shape index (κ1) is 18.1. The minimum atomic E-state index is -0.399. The molecule has 0 aliphatic carbocycles. The lowest BCUT2D eigenvalue weighted by molar-refractivity contribution is -0.139. The molecule has 2 aromatic rings. The molecule has 0 bridgehead atoms. The van der Waals surface area contributed by atoms with Crippen molar-refractivity contribution in [1.82, 2.24) is 9.88 Å². The second-order valence-corrected chi connectivity index (χ2v) is 8.21. The van der Waals surface area contributed by atoms with E-state index in [2.05, 4.69) is 22.4 Å². The van der Waals surface area contributed by atoms with Crippen LogP contribution in [0, 0.1) is 5.92 Å². The molecule has 1 N–H and O–H groups in total. The Bertz CT molecular complexity index is 877. The van der Waals surface area contributed by atoms with E-state index in [1.807, 2.05) is 25.3 Å². The lowest BCUT2D eigenvalue weighted by atomic mass is 10.1. The van der Waals surface area contributed by atoms with E-state index in [1.54, 1.807) is 4.90 Å².